The van der Waals surface area contributed by atoms with Gasteiger partial charge in [0.25, 0.3) is 5.91 Å². The molecule has 0 aliphatic carbocycles. The molecule has 0 saturated heterocycles. The summed E-state index contributed by atoms with van der Waals surface area (Å²) in [5.41, 5.74) is 12.6. The van der Waals surface area contributed by atoms with Crippen molar-refractivity contribution < 1.29 is 4.79 Å². The van der Waals surface area contributed by atoms with E-state index < -0.39 is 5.91 Å². The van der Waals surface area contributed by atoms with Gasteiger partial charge in [0, 0.05) is 17.9 Å². The number of carbonyl (C=O) groups excluding carboxylic acids is 1. The summed E-state index contributed by atoms with van der Waals surface area (Å²) in [4.78, 5) is 11.1. The van der Waals surface area contributed by atoms with Crippen LogP contribution < -0.4 is 16.8 Å². The normalized spacial score (nSPS) is 9.93. The lowest BCUT2D eigenvalue weighted by Gasteiger charge is -2.10. The number of rotatable bonds is 5. The Bertz CT molecular complexity index is 350. The van der Waals surface area contributed by atoms with Gasteiger partial charge in [0.05, 0.1) is 5.56 Å². The van der Waals surface area contributed by atoms with Gasteiger partial charge in [-0.25, -0.2) is 0 Å². The largest absolute Gasteiger partial charge is 0.399 e. The number of hydrogen-bond donors (Lipinski definition) is 3. The van der Waals surface area contributed by atoms with E-state index in [1.54, 1.807) is 18.2 Å². The number of carbonyl (C=O) groups is 1. The first-order valence-corrected chi connectivity index (χ1v) is 5.08. The Balaban J connectivity index is 2.81. The molecule has 4 heteroatoms. The van der Waals surface area contributed by atoms with Crippen molar-refractivity contribution in [3.05, 3.63) is 23.8 Å². The van der Waals surface area contributed by atoms with Crippen LogP contribution in [0.2, 0.25) is 0 Å². The van der Waals surface area contributed by atoms with E-state index in [2.05, 4.69) is 12.2 Å². The molecule has 0 fully saturated rings. The Morgan fingerprint density at radius 3 is 2.80 bits per heavy atom. The highest BCUT2D eigenvalue weighted by atomic mass is 16.1. The molecule has 0 unspecified atom stereocenters. The zero-order valence-corrected chi connectivity index (χ0v) is 8.92. The monoisotopic (exact) mass is 207 g/mol. The van der Waals surface area contributed by atoms with E-state index in [0.29, 0.717) is 11.3 Å². The Labute approximate surface area is 89.6 Å². The maximum absolute atomic E-state index is 11.1. The third-order valence-electron chi connectivity index (χ3n) is 2.15. The standard InChI is InChI=1S/C11H17N3O/c1-2-3-6-14-10-5-4-8(12)7-9(10)11(13)15/h4-5,7,14H,2-3,6,12H2,1H3,(H2,13,15). The molecule has 1 aromatic rings. The second-order valence-electron chi connectivity index (χ2n) is 3.45. The highest BCUT2D eigenvalue weighted by molar-refractivity contribution is 5.99. The maximum atomic E-state index is 11.1. The average molecular weight is 207 g/mol. The summed E-state index contributed by atoms with van der Waals surface area (Å²) >= 11 is 0. The minimum absolute atomic E-state index is 0.450. The summed E-state index contributed by atoms with van der Waals surface area (Å²) in [5.74, 6) is -0.457. The van der Waals surface area contributed by atoms with Crippen LogP contribution in [-0.4, -0.2) is 12.5 Å². The van der Waals surface area contributed by atoms with Crippen LogP contribution in [0.25, 0.3) is 0 Å². The number of nitrogen functional groups attached to an aromatic ring is 1. The van der Waals surface area contributed by atoms with Crippen LogP contribution in [0.15, 0.2) is 18.2 Å². The topological polar surface area (TPSA) is 81.1 Å². The van der Waals surface area contributed by atoms with Gasteiger partial charge in [0.15, 0.2) is 0 Å². The summed E-state index contributed by atoms with van der Waals surface area (Å²) in [5, 5.41) is 3.17. The van der Waals surface area contributed by atoms with E-state index in [0.717, 1.165) is 25.1 Å². The lowest BCUT2D eigenvalue weighted by atomic mass is 10.1. The summed E-state index contributed by atoms with van der Waals surface area (Å²) in [7, 11) is 0. The van der Waals surface area contributed by atoms with Crippen LogP contribution in [-0.2, 0) is 0 Å². The van der Waals surface area contributed by atoms with Gasteiger partial charge >= 0.3 is 0 Å². The van der Waals surface area contributed by atoms with Gasteiger partial charge in [-0.1, -0.05) is 13.3 Å². The highest BCUT2D eigenvalue weighted by Crippen LogP contribution is 2.18. The SMILES string of the molecule is CCCCNc1ccc(N)cc1C(N)=O. The van der Waals surface area contributed by atoms with Crippen LogP contribution in [0.1, 0.15) is 30.1 Å². The number of benzene rings is 1. The lowest BCUT2D eigenvalue weighted by Crippen LogP contribution is -2.15. The van der Waals surface area contributed by atoms with E-state index in [4.69, 9.17) is 11.5 Å². The Morgan fingerprint density at radius 2 is 2.20 bits per heavy atom. The molecule has 5 N–H and O–H groups in total. The molecule has 0 aliphatic rings. The molecule has 0 heterocycles. The van der Waals surface area contributed by atoms with Gasteiger partial charge in [-0.15, -0.1) is 0 Å². The third kappa shape index (κ3) is 3.16. The van der Waals surface area contributed by atoms with E-state index >= 15 is 0 Å². The summed E-state index contributed by atoms with van der Waals surface area (Å²) in [6, 6.07) is 5.13. The van der Waals surface area contributed by atoms with Gasteiger partial charge in [0.2, 0.25) is 0 Å². The maximum Gasteiger partial charge on any atom is 0.250 e. The highest BCUT2D eigenvalue weighted by Gasteiger charge is 2.07. The second kappa shape index (κ2) is 5.24. The zero-order valence-electron chi connectivity index (χ0n) is 8.92. The van der Waals surface area contributed by atoms with Crippen molar-refractivity contribution in [3.8, 4) is 0 Å². The molecule has 0 atom stereocenters. The van der Waals surface area contributed by atoms with E-state index in [9.17, 15) is 4.79 Å². The number of primary amides is 1. The number of amides is 1. The first kappa shape index (κ1) is 11.4. The predicted molar refractivity (Wildman–Crippen MR) is 62.8 cm³/mol. The van der Waals surface area contributed by atoms with Gasteiger partial charge in [-0.2, -0.15) is 0 Å². The summed E-state index contributed by atoms with van der Waals surface area (Å²) in [6.45, 7) is 2.94. The molecule has 1 rings (SSSR count). The fourth-order valence-corrected chi connectivity index (χ4v) is 1.32. The first-order chi connectivity index (χ1) is 7.15. The Kier molecular flexibility index (Phi) is 3.97. The van der Waals surface area contributed by atoms with Gasteiger partial charge in [-0.05, 0) is 24.6 Å². The van der Waals surface area contributed by atoms with Gasteiger partial charge < -0.3 is 16.8 Å². The molecular weight excluding hydrogens is 190 g/mol. The van der Waals surface area contributed by atoms with Crippen molar-refractivity contribution in [2.75, 3.05) is 17.6 Å². The minimum atomic E-state index is -0.457. The van der Waals surface area contributed by atoms with Gasteiger partial charge in [0.1, 0.15) is 0 Å². The molecular formula is C11H17N3O. The van der Waals surface area contributed by atoms with E-state index in [1.165, 1.54) is 0 Å². The van der Waals surface area contributed by atoms with Crippen LogP contribution in [0, 0.1) is 0 Å². The van der Waals surface area contributed by atoms with Crippen molar-refractivity contribution in [2.45, 2.75) is 19.8 Å². The van der Waals surface area contributed by atoms with Crippen molar-refractivity contribution in [3.63, 3.8) is 0 Å². The molecule has 15 heavy (non-hydrogen) atoms. The lowest BCUT2D eigenvalue weighted by molar-refractivity contribution is 0.100. The number of nitrogens with one attached hydrogen (secondary N) is 1. The van der Waals surface area contributed by atoms with Crippen LogP contribution in [0.3, 0.4) is 0 Å². The van der Waals surface area contributed by atoms with Crippen LogP contribution in [0.4, 0.5) is 11.4 Å². The molecule has 82 valence electrons. The molecule has 0 bridgehead atoms. The molecule has 0 aromatic heterocycles. The Hall–Kier alpha value is -1.71. The molecule has 0 spiro atoms. The average Bonchev–Trinajstić information content (AvgIpc) is 2.20. The van der Waals surface area contributed by atoms with Crippen LogP contribution in [0.5, 0.6) is 0 Å². The molecule has 0 aliphatic heterocycles. The number of unbranched alkanes of at least 4 members (excludes halogenated alkanes) is 1. The molecule has 1 amide bonds. The molecule has 0 radical (unpaired) electrons. The van der Waals surface area contributed by atoms with Crippen molar-refractivity contribution in [2.24, 2.45) is 5.73 Å². The van der Waals surface area contributed by atoms with Crippen molar-refractivity contribution in [1.29, 1.82) is 0 Å². The van der Waals surface area contributed by atoms with Crippen LogP contribution >= 0.6 is 0 Å². The number of anilines is 2. The predicted octanol–water partition coefficient (Wildman–Crippen LogP) is 1.58. The van der Waals surface area contributed by atoms with Gasteiger partial charge in [-0.3, -0.25) is 4.79 Å². The third-order valence-corrected chi connectivity index (χ3v) is 2.15. The number of nitrogens with two attached hydrogens (primary N) is 2. The fraction of sp³-hybridized carbons (Fsp3) is 0.364. The van der Waals surface area contributed by atoms with Crippen molar-refractivity contribution >= 4 is 17.3 Å². The zero-order chi connectivity index (χ0) is 11.3. The molecule has 4 nitrogen and oxygen atoms in total. The molecule has 0 saturated carbocycles. The fourth-order valence-electron chi connectivity index (χ4n) is 1.32. The molecule has 1 aromatic carbocycles. The summed E-state index contributed by atoms with van der Waals surface area (Å²) < 4.78 is 0. The number of hydrogen-bond acceptors (Lipinski definition) is 3. The smallest absolute Gasteiger partial charge is 0.250 e. The minimum Gasteiger partial charge on any atom is -0.399 e. The summed E-state index contributed by atoms with van der Waals surface area (Å²) in [6.07, 6.45) is 2.16. The first-order valence-electron chi connectivity index (χ1n) is 5.08. The van der Waals surface area contributed by atoms with E-state index in [1.807, 2.05) is 0 Å². The Morgan fingerprint density at radius 1 is 1.47 bits per heavy atom. The van der Waals surface area contributed by atoms with E-state index in [-0.39, 0.29) is 0 Å². The quantitative estimate of drug-likeness (QED) is 0.506. The van der Waals surface area contributed by atoms with Crippen molar-refractivity contribution in [1.82, 2.24) is 0 Å². The second-order valence-corrected chi connectivity index (χ2v) is 3.45.